The molecule has 0 unspecified atom stereocenters. The summed E-state index contributed by atoms with van der Waals surface area (Å²) in [6.45, 7) is 6.48. The van der Waals surface area contributed by atoms with Crippen LogP contribution >= 0.6 is 0 Å². The van der Waals surface area contributed by atoms with E-state index in [1.54, 1.807) is 18.7 Å². The van der Waals surface area contributed by atoms with Crippen LogP contribution in [0.2, 0.25) is 0 Å². The summed E-state index contributed by atoms with van der Waals surface area (Å²) in [7, 11) is 0. The summed E-state index contributed by atoms with van der Waals surface area (Å²) >= 11 is 0. The lowest BCUT2D eigenvalue weighted by molar-refractivity contribution is 0.0480. The van der Waals surface area contributed by atoms with Crippen LogP contribution < -0.4 is 5.32 Å². The molecule has 1 aromatic carbocycles. The van der Waals surface area contributed by atoms with Crippen LogP contribution in [-0.2, 0) is 6.54 Å². The van der Waals surface area contributed by atoms with Crippen molar-refractivity contribution in [3.63, 3.8) is 0 Å². The molecule has 0 saturated carbocycles. The van der Waals surface area contributed by atoms with Gasteiger partial charge in [-0.2, -0.15) is 5.10 Å². The number of benzene rings is 1. The number of H-pyrrole nitrogens is 1. The van der Waals surface area contributed by atoms with Gasteiger partial charge in [0.1, 0.15) is 6.33 Å². The summed E-state index contributed by atoms with van der Waals surface area (Å²) in [5.74, 6) is 0.690. The van der Waals surface area contributed by atoms with Crippen LogP contribution in [0.4, 0.5) is 4.79 Å². The van der Waals surface area contributed by atoms with Crippen LogP contribution in [0.1, 0.15) is 26.3 Å². The van der Waals surface area contributed by atoms with Crippen molar-refractivity contribution in [2.75, 3.05) is 13.1 Å². The normalized spacial score (nSPS) is 11.3. The van der Waals surface area contributed by atoms with Gasteiger partial charge in [-0.3, -0.25) is 5.10 Å². The molecule has 23 heavy (non-hydrogen) atoms. The summed E-state index contributed by atoms with van der Waals surface area (Å²) in [5, 5.41) is 19.4. The first kappa shape index (κ1) is 17.0. The van der Waals surface area contributed by atoms with Crippen molar-refractivity contribution in [1.82, 2.24) is 25.4 Å². The van der Waals surface area contributed by atoms with E-state index >= 15 is 0 Å². The van der Waals surface area contributed by atoms with E-state index in [0.29, 0.717) is 18.9 Å². The molecule has 2 amide bonds. The monoisotopic (exact) mass is 317 g/mol. The van der Waals surface area contributed by atoms with Crippen molar-refractivity contribution >= 4 is 6.03 Å². The van der Waals surface area contributed by atoms with E-state index in [1.165, 1.54) is 6.33 Å². The summed E-state index contributed by atoms with van der Waals surface area (Å²) in [6.07, 6.45) is 1.46. The fourth-order valence-electron chi connectivity index (χ4n) is 2.26. The van der Waals surface area contributed by atoms with Gasteiger partial charge in [0.15, 0.2) is 5.82 Å². The van der Waals surface area contributed by atoms with Gasteiger partial charge in [-0.15, -0.1) is 0 Å². The van der Waals surface area contributed by atoms with Crippen molar-refractivity contribution in [2.24, 2.45) is 0 Å². The average Bonchev–Trinajstić information content (AvgIpc) is 3.04. The fraction of sp³-hybridized carbons (Fsp3) is 0.438. The highest BCUT2D eigenvalue weighted by Crippen LogP contribution is 2.15. The number of aliphatic hydroxyl groups is 1. The SMILES string of the molecule is CCN(CC(C)(C)O)C(=O)NCc1cccc(-c2ncn[nH]2)c1. The Bertz CT molecular complexity index is 634. The Morgan fingerprint density at radius 3 is 2.83 bits per heavy atom. The number of nitrogens with zero attached hydrogens (tertiary/aromatic N) is 3. The smallest absolute Gasteiger partial charge is 0.317 e. The van der Waals surface area contributed by atoms with Crippen LogP contribution in [-0.4, -0.2) is 49.9 Å². The van der Waals surface area contributed by atoms with Gasteiger partial charge >= 0.3 is 6.03 Å². The second-order valence-electron chi connectivity index (χ2n) is 6.02. The molecular weight excluding hydrogens is 294 g/mol. The number of rotatable bonds is 6. The zero-order valence-corrected chi connectivity index (χ0v) is 13.7. The molecule has 0 atom stereocenters. The van der Waals surface area contributed by atoms with E-state index < -0.39 is 5.60 Å². The third-order valence-electron chi connectivity index (χ3n) is 3.31. The number of carbonyl (C=O) groups is 1. The zero-order chi connectivity index (χ0) is 16.9. The molecule has 0 aliphatic carbocycles. The number of hydrogen-bond acceptors (Lipinski definition) is 4. The van der Waals surface area contributed by atoms with Gasteiger partial charge in [0, 0.05) is 18.7 Å². The minimum atomic E-state index is -0.917. The molecule has 0 spiro atoms. The van der Waals surface area contributed by atoms with Gasteiger partial charge in [0.25, 0.3) is 0 Å². The number of urea groups is 1. The first-order valence-electron chi connectivity index (χ1n) is 7.59. The maximum absolute atomic E-state index is 12.2. The number of aromatic amines is 1. The van der Waals surface area contributed by atoms with E-state index in [1.807, 2.05) is 31.2 Å². The van der Waals surface area contributed by atoms with Crippen molar-refractivity contribution in [2.45, 2.75) is 32.9 Å². The van der Waals surface area contributed by atoms with Crippen molar-refractivity contribution in [1.29, 1.82) is 0 Å². The molecule has 0 bridgehead atoms. The molecule has 7 heteroatoms. The van der Waals surface area contributed by atoms with Gasteiger partial charge in [-0.1, -0.05) is 18.2 Å². The van der Waals surface area contributed by atoms with Crippen LogP contribution in [0, 0.1) is 0 Å². The summed E-state index contributed by atoms with van der Waals surface area (Å²) in [5.41, 5.74) is 0.962. The highest BCUT2D eigenvalue weighted by atomic mass is 16.3. The molecule has 3 N–H and O–H groups in total. The van der Waals surface area contributed by atoms with Gasteiger partial charge in [0.2, 0.25) is 0 Å². The van der Waals surface area contributed by atoms with Crippen molar-refractivity contribution < 1.29 is 9.90 Å². The Labute approximate surface area is 135 Å². The average molecular weight is 317 g/mol. The number of likely N-dealkylation sites (N-methyl/N-ethyl adjacent to an activating group) is 1. The highest BCUT2D eigenvalue weighted by Gasteiger charge is 2.20. The van der Waals surface area contributed by atoms with Gasteiger partial charge in [0.05, 0.1) is 12.1 Å². The zero-order valence-electron chi connectivity index (χ0n) is 13.7. The Hall–Kier alpha value is -2.41. The molecule has 0 aliphatic heterocycles. The predicted molar refractivity (Wildman–Crippen MR) is 87.6 cm³/mol. The van der Waals surface area contributed by atoms with Crippen LogP contribution in [0.15, 0.2) is 30.6 Å². The number of hydrogen-bond donors (Lipinski definition) is 3. The Morgan fingerprint density at radius 2 is 2.22 bits per heavy atom. The van der Waals surface area contributed by atoms with Crippen LogP contribution in [0.25, 0.3) is 11.4 Å². The standard InChI is InChI=1S/C16H23N5O2/c1-4-21(10-16(2,3)23)15(22)17-9-12-6-5-7-13(8-12)14-18-11-19-20-14/h5-8,11,23H,4,9-10H2,1-3H3,(H,17,22)(H,18,19,20). The molecule has 0 saturated heterocycles. The molecule has 1 aromatic heterocycles. The number of aromatic nitrogens is 3. The second-order valence-corrected chi connectivity index (χ2v) is 6.02. The maximum Gasteiger partial charge on any atom is 0.317 e. The minimum absolute atomic E-state index is 0.195. The molecule has 0 aliphatic rings. The number of amides is 2. The Balaban J connectivity index is 1.97. The van der Waals surface area contributed by atoms with E-state index in [2.05, 4.69) is 20.5 Å². The molecule has 2 aromatic rings. The quantitative estimate of drug-likeness (QED) is 0.757. The molecule has 7 nitrogen and oxygen atoms in total. The topological polar surface area (TPSA) is 94.1 Å². The predicted octanol–water partition coefficient (Wildman–Crippen LogP) is 1.77. The molecule has 0 fully saturated rings. The van der Waals surface area contributed by atoms with E-state index in [9.17, 15) is 9.90 Å². The Kier molecular flexibility index (Phi) is 5.33. The highest BCUT2D eigenvalue weighted by molar-refractivity contribution is 5.74. The van der Waals surface area contributed by atoms with Crippen molar-refractivity contribution in [3.05, 3.63) is 36.2 Å². The van der Waals surface area contributed by atoms with Gasteiger partial charge in [-0.05, 0) is 32.4 Å². The summed E-state index contributed by atoms with van der Waals surface area (Å²) < 4.78 is 0. The molecular formula is C16H23N5O2. The summed E-state index contributed by atoms with van der Waals surface area (Å²) in [4.78, 5) is 17.9. The largest absolute Gasteiger partial charge is 0.389 e. The lowest BCUT2D eigenvalue weighted by atomic mass is 10.1. The third kappa shape index (κ3) is 5.07. The molecule has 124 valence electrons. The van der Waals surface area contributed by atoms with Gasteiger partial charge in [-0.25, -0.2) is 9.78 Å². The first-order chi connectivity index (χ1) is 10.9. The van der Waals surface area contributed by atoms with Crippen LogP contribution in [0.5, 0.6) is 0 Å². The minimum Gasteiger partial charge on any atom is -0.389 e. The van der Waals surface area contributed by atoms with Crippen LogP contribution in [0.3, 0.4) is 0 Å². The lowest BCUT2D eigenvalue weighted by Crippen LogP contribution is -2.46. The van der Waals surface area contributed by atoms with E-state index in [4.69, 9.17) is 0 Å². The van der Waals surface area contributed by atoms with E-state index in [-0.39, 0.29) is 12.6 Å². The third-order valence-corrected chi connectivity index (χ3v) is 3.31. The fourth-order valence-corrected chi connectivity index (χ4v) is 2.26. The summed E-state index contributed by atoms with van der Waals surface area (Å²) in [6, 6.07) is 7.53. The number of nitrogens with one attached hydrogen (secondary N) is 2. The molecule has 2 rings (SSSR count). The second kappa shape index (κ2) is 7.23. The van der Waals surface area contributed by atoms with Gasteiger partial charge < -0.3 is 15.3 Å². The first-order valence-corrected chi connectivity index (χ1v) is 7.59. The van der Waals surface area contributed by atoms with Crippen molar-refractivity contribution in [3.8, 4) is 11.4 Å². The lowest BCUT2D eigenvalue weighted by Gasteiger charge is -2.28. The number of carbonyl (C=O) groups excluding carboxylic acids is 1. The van der Waals surface area contributed by atoms with E-state index in [0.717, 1.165) is 11.1 Å². The Morgan fingerprint density at radius 1 is 1.43 bits per heavy atom. The maximum atomic E-state index is 12.2. The molecule has 1 heterocycles. The molecule has 0 radical (unpaired) electrons.